The van der Waals surface area contributed by atoms with Crippen LogP contribution in [0, 0.1) is 16.2 Å². The molecule has 3 saturated carbocycles. The predicted molar refractivity (Wildman–Crippen MR) is 217 cm³/mol. The number of likely N-dealkylation sites (tertiary alicyclic amines) is 3. The van der Waals surface area contributed by atoms with Crippen molar-refractivity contribution in [1.29, 1.82) is 0 Å². The Morgan fingerprint density at radius 3 is 0.967 bits per heavy atom. The second-order valence-corrected chi connectivity index (χ2v) is 19.3. The first-order valence-electron chi connectivity index (χ1n) is 20.8. The Bertz CT molecular complexity index is 1400. The van der Waals surface area contributed by atoms with Crippen LogP contribution in [-0.4, -0.2) is 135 Å². The first-order chi connectivity index (χ1) is 26.2. The van der Waals surface area contributed by atoms with E-state index in [4.69, 9.17) is 28.8 Å². The van der Waals surface area contributed by atoms with Gasteiger partial charge in [0.2, 0.25) is 0 Å². The fraction of sp³-hybridized carbons (Fsp3) is 0.857. The summed E-state index contributed by atoms with van der Waals surface area (Å²) in [5.74, 6) is -1.55. The quantitative estimate of drug-likeness (QED) is 0.237. The minimum absolute atomic E-state index is 0. The van der Waals surface area contributed by atoms with E-state index >= 15 is 0 Å². The molecule has 0 aromatic rings. The molecule has 3 atom stereocenters. The van der Waals surface area contributed by atoms with Gasteiger partial charge in [-0.15, -0.1) is 0 Å². The molecule has 1 unspecified atom stereocenters. The number of carboxylic acid groups (broad SMARTS) is 1. The Balaban J connectivity index is 0.000000833. The molecule has 18 heteroatoms. The van der Waals surface area contributed by atoms with E-state index in [2.05, 4.69) is 0 Å². The summed E-state index contributed by atoms with van der Waals surface area (Å²) < 4.78 is 26.1. The second kappa shape index (κ2) is 21.7. The summed E-state index contributed by atoms with van der Waals surface area (Å²) in [5, 5.41) is 9.14. The fourth-order valence-corrected chi connectivity index (χ4v) is 7.44. The molecule has 3 saturated heterocycles. The van der Waals surface area contributed by atoms with E-state index in [0.29, 0.717) is 52.1 Å². The fourth-order valence-electron chi connectivity index (χ4n) is 7.44. The van der Waals surface area contributed by atoms with Crippen molar-refractivity contribution in [2.24, 2.45) is 16.2 Å². The number of carbonyl (C=O) groups excluding carboxylic acids is 5. The maximum absolute atomic E-state index is 12.2. The average molecular weight is 852 g/mol. The minimum Gasteiger partial charge on any atom is -0.870 e. The monoisotopic (exact) mass is 852 g/mol. The van der Waals surface area contributed by atoms with Gasteiger partial charge in [-0.1, -0.05) is 13.8 Å². The molecule has 0 aromatic heterocycles. The summed E-state index contributed by atoms with van der Waals surface area (Å²) >= 11 is 0. The standard InChI is InChI=1S/2C14H23NO4.C12H19NO4.C2H6.Li.2H2O/c2*1-5-18-11(16)10-8-14(6-7-14)9-15(10)12(17)19-13(2,3)4;1-11(2,3)17-10(16)13-7-12(4-5-12)6-8(13)9(14)15;1-2;;;/h2*10H,5-9H2,1-4H3;8H,4-7H2,1-3H3,(H,14,15);1-2H3;;2*1H2/q;;;;+1;;/p-1/t10-;;8-;;;;/m0.0..../s1. The molecule has 3 aliphatic carbocycles. The summed E-state index contributed by atoms with van der Waals surface area (Å²) in [6, 6.07) is -1.66. The van der Waals surface area contributed by atoms with Crippen LogP contribution >= 0.6 is 0 Å². The summed E-state index contributed by atoms with van der Waals surface area (Å²) in [7, 11) is 0. The van der Waals surface area contributed by atoms with E-state index in [1.165, 1.54) is 4.90 Å². The Morgan fingerprint density at radius 1 is 0.533 bits per heavy atom. The SMILES string of the molecule is CC.CC(C)(C)OC(=O)N1CC2(CC2)C[C@H]1C(=O)O.CCOC(=O)C1CC2(CC2)CN1C(=O)OC(C)(C)C.CCOC(=O)[C@@H]1CC2(CC2)CN1C(=O)OC(C)(C)C.O.[Li+].[OH-]. The van der Waals surface area contributed by atoms with Gasteiger partial charge in [-0.2, -0.15) is 0 Å². The van der Waals surface area contributed by atoms with E-state index in [0.717, 1.165) is 38.5 Å². The predicted octanol–water partition coefficient (Wildman–Crippen LogP) is 3.57. The van der Waals surface area contributed by atoms with Crippen LogP contribution < -0.4 is 18.9 Å². The van der Waals surface area contributed by atoms with Gasteiger partial charge in [0.25, 0.3) is 0 Å². The summed E-state index contributed by atoms with van der Waals surface area (Å²) in [4.78, 5) is 75.9. The first-order valence-corrected chi connectivity index (χ1v) is 20.8. The molecule has 0 bridgehead atoms. The molecule has 60 heavy (non-hydrogen) atoms. The van der Waals surface area contributed by atoms with Crippen molar-refractivity contribution in [3.63, 3.8) is 0 Å². The van der Waals surface area contributed by atoms with Crippen molar-refractivity contribution in [2.75, 3.05) is 32.8 Å². The maximum atomic E-state index is 12.2. The molecular formula is C42H74LiN3O14. The smallest absolute Gasteiger partial charge is 0.870 e. The number of carbonyl (C=O) groups is 6. The number of rotatable bonds is 5. The Kier molecular flexibility index (Phi) is 20.5. The van der Waals surface area contributed by atoms with Crippen LogP contribution in [0.1, 0.15) is 148 Å². The van der Waals surface area contributed by atoms with Gasteiger partial charge in [-0.3, -0.25) is 14.7 Å². The average Bonchev–Trinajstić information content (AvgIpc) is 4.01. The molecule has 6 fully saturated rings. The number of carboxylic acids is 1. The number of amides is 3. The Morgan fingerprint density at radius 2 is 0.767 bits per heavy atom. The van der Waals surface area contributed by atoms with Crippen molar-refractivity contribution in [2.45, 2.75) is 183 Å². The van der Waals surface area contributed by atoms with Crippen molar-refractivity contribution in [1.82, 2.24) is 14.7 Å². The zero-order chi connectivity index (χ0) is 43.4. The van der Waals surface area contributed by atoms with Crippen LogP contribution in [0.15, 0.2) is 0 Å². The van der Waals surface area contributed by atoms with E-state index in [1.54, 1.807) is 44.4 Å². The van der Waals surface area contributed by atoms with Gasteiger partial charge in [0.15, 0.2) is 0 Å². The summed E-state index contributed by atoms with van der Waals surface area (Å²) in [6.45, 7) is 26.3. The van der Waals surface area contributed by atoms with E-state index in [9.17, 15) is 28.8 Å². The van der Waals surface area contributed by atoms with Crippen molar-refractivity contribution < 1.29 is 87.4 Å². The van der Waals surface area contributed by atoms with E-state index < -0.39 is 59.2 Å². The normalized spacial score (nSPS) is 22.9. The van der Waals surface area contributed by atoms with Crippen LogP contribution in [0.2, 0.25) is 0 Å². The van der Waals surface area contributed by atoms with E-state index in [-0.39, 0.29) is 58.0 Å². The van der Waals surface area contributed by atoms with Gasteiger partial charge in [0.05, 0.1) is 13.2 Å². The number of esters is 2. The molecule has 0 radical (unpaired) electrons. The zero-order valence-electron chi connectivity index (χ0n) is 38.9. The van der Waals surface area contributed by atoms with Crippen molar-refractivity contribution >= 4 is 36.2 Å². The Hall–Kier alpha value is -3.26. The Labute approximate surface area is 369 Å². The van der Waals surface area contributed by atoms with Crippen molar-refractivity contribution in [3.8, 4) is 0 Å². The van der Waals surface area contributed by atoms with Crippen LogP contribution in [-0.2, 0) is 38.1 Å². The molecule has 0 aromatic carbocycles. The van der Waals surface area contributed by atoms with Crippen molar-refractivity contribution in [3.05, 3.63) is 0 Å². The molecule has 3 spiro atoms. The van der Waals surface area contributed by atoms with Crippen LogP contribution in [0.25, 0.3) is 0 Å². The molecule has 3 aliphatic heterocycles. The van der Waals surface area contributed by atoms with Crippen LogP contribution in [0.5, 0.6) is 0 Å². The third-order valence-corrected chi connectivity index (χ3v) is 10.7. The molecule has 17 nitrogen and oxygen atoms in total. The first kappa shape index (κ1) is 56.7. The summed E-state index contributed by atoms with van der Waals surface area (Å²) in [5.41, 5.74) is -1.31. The third kappa shape index (κ3) is 16.2. The molecule has 6 rings (SSSR count). The molecule has 4 N–H and O–H groups in total. The number of ether oxygens (including phenoxy) is 5. The zero-order valence-corrected chi connectivity index (χ0v) is 38.9. The molecule has 3 amide bonds. The minimum atomic E-state index is -0.931. The number of nitrogens with zero attached hydrogens (tertiary/aromatic N) is 3. The van der Waals surface area contributed by atoms with Crippen LogP contribution in [0.3, 0.4) is 0 Å². The van der Waals surface area contributed by atoms with Gasteiger partial charge in [-0.25, -0.2) is 28.8 Å². The number of hydrogen-bond acceptors (Lipinski definition) is 12. The largest absolute Gasteiger partial charge is 1.00 e. The molecule has 3 heterocycles. The van der Waals surface area contributed by atoms with E-state index in [1.807, 2.05) is 55.4 Å². The van der Waals surface area contributed by atoms with Gasteiger partial charge >= 0.3 is 55.0 Å². The topological polar surface area (TPSA) is 240 Å². The number of hydrogen-bond donors (Lipinski definition) is 1. The second-order valence-electron chi connectivity index (χ2n) is 19.3. The molecule has 6 aliphatic rings. The summed E-state index contributed by atoms with van der Waals surface area (Å²) in [6.07, 6.45) is 7.07. The van der Waals surface area contributed by atoms with Gasteiger partial charge in [0, 0.05) is 19.6 Å². The molecular weight excluding hydrogens is 777 g/mol. The number of aliphatic carboxylic acids is 1. The van der Waals surface area contributed by atoms with Gasteiger partial charge in [-0.05, 0) is 150 Å². The maximum Gasteiger partial charge on any atom is 1.00 e. The van der Waals surface area contributed by atoms with Gasteiger partial charge < -0.3 is 39.7 Å². The van der Waals surface area contributed by atoms with Crippen LogP contribution in [0.4, 0.5) is 14.4 Å². The third-order valence-electron chi connectivity index (χ3n) is 10.7. The van der Waals surface area contributed by atoms with Gasteiger partial charge in [0.1, 0.15) is 34.9 Å². The molecule has 342 valence electrons.